The SMILES string of the molecule is CCOC(=O)CCc1ccc(NC(=O)C2CC23CCNCC3)cc1. The van der Waals surface area contributed by atoms with E-state index in [0.717, 1.165) is 43.6 Å². The quantitative estimate of drug-likeness (QED) is 0.787. The van der Waals surface area contributed by atoms with E-state index in [0.29, 0.717) is 19.4 Å². The third kappa shape index (κ3) is 3.96. The maximum Gasteiger partial charge on any atom is 0.306 e. The van der Waals surface area contributed by atoms with Gasteiger partial charge in [-0.2, -0.15) is 0 Å². The number of hydrogen-bond acceptors (Lipinski definition) is 4. The van der Waals surface area contributed by atoms with Crippen LogP contribution in [-0.2, 0) is 20.7 Å². The Kier molecular flexibility index (Phi) is 5.19. The fourth-order valence-corrected chi connectivity index (χ4v) is 3.66. The number of piperidine rings is 1. The molecule has 1 aliphatic heterocycles. The van der Waals surface area contributed by atoms with E-state index in [1.165, 1.54) is 0 Å². The standard InChI is InChI=1S/C19H26N2O3/c1-2-24-17(22)8-5-14-3-6-15(7-4-14)21-18(23)16-13-19(16)9-11-20-12-10-19/h3-4,6-7,16,20H,2,5,8-13H2,1H3,(H,21,23). The third-order valence-electron chi connectivity index (χ3n) is 5.25. The van der Waals surface area contributed by atoms with Crippen molar-refractivity contribution in [3.63, 3.8) is 0 Å². The molecule has 1 unspecified atom stereocenters. The number of benzene rings is 1. The smallest absolute Gasteiger partial charge is 0.306 e. The summed E-state index contributed by atoms with van der Waals surface area (Å²) in [5.74, 6) is 0.148. The summed E-state index contributed by atoms with van der Waals surface area (Å²) in [5, 5.41) is 6.40. The average Bonchev–Trinajstić information content (AvgIpc) is 3.28. The van der Waals surface area contributed by atoms with E-state index in [1.54, 1.807) is 0 Å². The van der Waals surface area contributed by atoms with E-state index in [1.807, 2.05) is 31.2 Å². The Morgan fingerprint density at radius 2 is 1.96 bits per heavy atom. The summed E-state index contributed by atoms with van der Waals surface area (Å²) in [6, 6.07) is 7.75. The number of rotatable bonds is 6. The summed E-state index contributed by atoms with van der Waals surface area (Å²) >= 11 is 0. The lowest BCUT2D eigenvalue weighted by molar-refractivity contribution is -0.143. The first-order valence-corrected chi connectivity index (χ1v) is 8.89. The molecule has 5 heteroatoms. The molecule has 2 fully saturated rings. The Bertz CT molecular complexity index is 591. The molecular formula is C19H26N2O3. The fourth-order valence-electron chi connectivity index (χ4n) is 3.66. The molecule has 0 bridgehead atoms. The average molecular weight is 330 g/mol. The van der Waals surface area contributed by atoms with Crippen molar-refractivity contribution >= 4 is 17.6 Å². The molecule has 1 heterocycles. The summed E-state index contributed by atoms with van der Waals surface area (Å²) < 4.78 is 4.93. The number of hydrogen-bond donors (Lipinski definition) is 2. The third-order valence-corrected chi connectivity index (χ3v) is 5.25. The summed E-state index contributed by atoms with van der Waals surface area (Å²) in [6.45, 7) is 4.28. The largest absolute Gasteiger partial charge is 0.466 e. The van der Waals surface area contributed by atoms with Crippen molar-refractivity contribution in [1.82, 2.24) is 5.32 Å². The number of amides is 1. The topological polar surface area (TPSA) is 67.4 Å². The minimum atomic E-state index is -0.170. The van der Waals surface area contributed by atoms with Crippen molar-refractivity contribution in [2.24, 2.45) is 11.3 Å². The summed E-state index contributed by atoms with van der Waals surface area (Å²) in [5.41, 5.74) is 2.16. The van der Waals surface area contributed by atoms with Crippen LogP contribution in [0.4, 0.5) is 5.69 Å². The Balaban J connectivity index is 1.48. The van der Waals surface area contributed by atoms with Gasteiger partial charge in [-0.15, -0.1) is 0 Å². The van der Waals surface area contributed by atoms with Crippen molar-refractivity contribution < 1.29 is 14.3 Å². The van der Waals surface area contributed by atoms with Crippen molar-refractivity contribution in [2.75, 3.05) is 25.0 Å². The number of carbonyl (C=O) groups excluding carboxylic acids is 2. The monoisotopic (exact) mass is 330 g/mol. The van der Waals surface area contributed by atoms with E-state index in [2.05, 4.69) is 10.6 Å². The van der Waals surface area contributed by atoms with Crippen LogP contribution < -0.4 is 10.6 Å². The van der Waals surface area contributed by atoms with E-state index >= 15 is 0 Å². The van der Waals surface area contributed by atoms with Crippen LogP contribution in [0.15, 0.2) is 24.3 Å². The highest BCUT2D eigenvalue weighted by molar-refractivity contribution is 5.95. The molecule has 2 N–H and O–H groups in total. The van der Waals surface area contributed by atoms with Crippen LogP contribution in [0.5, 0.6) is 0 Å². The second kappa shape index (κ2) is 7.34. The predicted octanol–water partition coefficient (Wildman–Crippen LogP) is 2.51. The molecule has 1 saturated heterocycles. The van der Waals surface area contributed by atoms with Gasteiger partial charge in [0.25, 0.3) is 0 Å². The molecule has 1 amide bonds. The van der Waals surface area contributed by atoms with E-state index in [-0.39, 0.29) is 23.2 Å². The number of esters is 1. The van der Waals surface area contributed by atoms with Gasteiger partial charge in [-0.25, -0.2) is 0 Å². The molecule has 1 atom stereocenters. The first-order valence-electron chi connectivity index (χ1n) is 8.89. The van der Waals surface area contributed by atoms with E-state index in [4.69, 9.17) is 4.74 Å². The van der Waals surface area contributed by atoms with Crippen molar-refractivity contribution in [3.8, 4) is 0 Å². The van der Waals surface area contributed by atoms with Crippen molar-refractivity contribution in [3.05, 3.63) is 29.8 Å². The van der Waals surface area contributed by atoms with Gasteiger partial charge >= 0.3 is 5.97 Å². The van der Waals surface area contributed by atoms with Gasteiger partial charge in [0.1, 0.15) is 0 Å². The lowest BCUT2D eigenvalue weighted by Gasteiger charge is -2.23. The van der Waals surface area contributed by atoms with E-state index in [9.17, 15) is 9.59 Å². The van der Waals surface area contributed by atoms with E-state index < -0.39 is 0 Å². The maximum absolute atomic E-state index is 12.4. The zero-order valence-electron chi connectivity index (χ0n) is 14.3. The summed E-state index contributed by atoms with van der Waals surface area (Å²) in [4.78, 5) is 23.8. The Morgan fingerprint density at radius 1 is 1.25 bits per heavy atom. The Hall–Kier alpha value is -1.88. The molecule has 2 aliphatic rings. The van der Waals surface area contributed by atoms with Crippen molar-refractivity contribution in [2.45, 2.75) is 39.0 Å². The van der Waals surface area contributed by atoms with Gasteiger partial charge in [0, 0.05) is 18.0 Å². The van der Waals surface area contributed by atoms with Gasteiger partial charge in [-0.1, -0.05) is 12.1 Å². The molecule has 1 aromatic carbocycles. The highest BCUT2D eigenvalue weighted by Gasteiger charge is 2.57. The van der Waals surface area contributed by atoms with Crippen LogP contribution in [0.3, 0.4) is 0 Å². The Labute approximate surface area is 143 Å². The second-order valence-electron chi connectivity index (χ2n) is 6.86. The van der Waals surface area contributed by atoms with Crippen LogP contribution in [0, 0.1) is 11.3 Å². The molecule has 0 radical (unpaired) electrons. The first kappa shape index (κ1) is 17.0. The predicted molar refractivity (Wildman–Crippen MR) is 92.7 cm³/mol. The van der Waals surface area contributed by atoms with Gasteiger partial charge in [0.2, 0.25) is 5.91 Å². The molecule has 1 aromatic rings. The number of nitrogens with one attached hydrogen (secondary N) is 2. The fraction of sp³-hybridized carbons (Fsp3) is 0.579. The minimum absolute atomic E-state index is 0.149. The molecule has 1 spiro atoms. The first-order chi connectivity index (χ1) is 11.6. The minimum Gasteiger partial charge on any atom is -0.466 e. The number of anilines is 1. The van der Waals surface area contributed by atoms with Gasteiger partial charge in [0.05, 0.1) is 6.61 Å². The van der Waals surface area contributed by atoms with Crippen LogP contribution >= 0.6 is 0 Å². The highest BCUT2D eigenvalue weighted by Crippen LogP contribution is 2.58. The van der Waals surface area contributed by atoms with Crippen molar-refractivity contribution in [1.29, 1.82) is 0 Å². The molecule has 0 aromatic heterocycles. The lowest BCUT2D eigenvalue weighted by Crippen LogP contribution is -2.31. The number of ether oxygens (including phenoxy) is 1. The number of carbonyl (C=O) groups is 2. The maximum atomic E-state index is 12.4. The van der Waals surface area contributed by atoms with Crippen LogP contribution in [0.2, 0.25) is 0 Å². The number of aryl methyl sites for hydroxylation is 1. The molecule has 130 valence electrons. The molecule has 1 aliphatic carbocycles. The molecule has 1 saturated carbocycles. The van der Waals surface area contributed by atoms with Crippen LogP contribution in [0.25, 0.3) is 0 Å². The van der Waals surface area contributed by atoms with Gasteiger partial charge < -0.3 is 15.4 Å². The van der Waals surface area contributed by atoms with Gasteiger partial charge in [-0.3, -0.25) is 9.59 Å². The zero-order valence-corrected chi connectivity index (χ0v) is 14.3. The second-order valence-corrected chi connectivity index (χ2v) is 6.86. The molecule has 24 heavy (non-hydrogen) atoms. The lowest BCUT2D eigenvalue weighted by atomic mass is 9.92. The van der Waals surface area contributed by atoms with Gasteiger partial charge in [-0.05, 0) is 68.8 Å². The molecule has 3 rings (SSSR count). The van der Waals surface area contributed by atoms with Crippen LogP contribution in [0.1, 0.15) is 38.2 Å². The molecular weight excluding hydrogens is 304 g/mol. The summed E-state index contributed by atoms with van der Waals surface area (Å²) in [6.07, 6.45) is 4.29. The zero-order chi connectivity index (χ0) is 17.0. The van der Waals surface area contributed by atoms with Gasteiger partial charge in [0.15, 0.2) is 0 Å². The van der Waals surface area contributed by atoms with Crippen LogP contribution in [-0.4, -0.2) is 31.6 Å². The Morgan fingerprint density at radius 3 is 2.62 bits per heavy atom. The molecule has 5 nitrogen and oxygen atoms in total. The normalized spacial score (nSPS) is 21.3. The highest BCUT2D eigenvalue weighted by atomic mass is 16.5. The summed E-state index contributed by atoms with van der Waals surface area (Å²) in [7, 11) is 0.